The van der Waals surface area contributed by atoms with Gasteiger partial charge in [-0.2, -0.15) is 0 Å². The van der Waals surface area contributed by atoms with Crippen molar-refractivity contribution < 1.29 is 4.79 Å². The second-order valence-electron chi connectivity index (χ2n) is 5.72. The molecule has 3 rings (SSSR count). The standard InChI is InChI=1S/C19H21N3O/c1-2-3-14-22-17(23)19(21-18(22)20,15-10-6-4-7-11-15)16-12-8-5-9-13-16/h4-13H,2-3,14H2,1H3,(H2,20,21). The van der Waals surface area contributed by atoms with Crippen LogP contribution in [0.2, 0.25) is 0 Å². The SMILES string of the molecule is CCCCN1C(=O)C(c2ccccc2)(c2ccccc2)N=C1N. The zero-order valence-electron chi connectivity index (χ0n) is 13.3. The predicted octanol–water partition coefficient (Wildman–Crippen LogP) is 2.89. The summed E-state index contributed by atoms with van der Waals surface area (Å²) < 4.78 is 0. The number of amides is 1. The molecule has 0 atom stereocenters. The van der Waals surface area contributed by atoms with Crippen LogP contribution in [-0.4, -0.2) is 23.3 Å². The van der Waals surface area contributed by atoms with Gasteiger partial charge in [0.15, 0.2) is 11.5 Å². The lowest BCUT2D eigenvalue weighted by atomic mass is 9.83. The van der Waals surface area contributed by atoms with Gasteiger partial charge in [-0.15, -0.1) is 0 Å². The maximum Gasteiger partial charge on any atom is 0.266 e. The van der Waals surface area contributed by atoms with Crippen molar-refractivity contribution in [1.82, 2.24) is 4.90 Å². The summed E-state index contributed by atoms with van der Waals surface area (Å²) in [5.74, 6) is 0.233. The minimum atomic E-state index is -1.07. The molecule has 0 aliphatic carbocycles. The zero-order chi connectivity index (χ0) is 16.3. The van der Waals surface area contributed by atoms with Crippen molar-refractivity contribution in [3.63, 3.8) is 0 Å². The fourth-order valence-corrected chi connectivity index (χ4v) is 3.01. The van der Waals surface area contributed by atoms with Gasteiger partial charge in [0.05, 0.1) is 0 Å². The molecule has 1 heterocycles. The molecular weight excluding hydrogens is 286 g/mol. The topological polar surface area (TPSA) is 58.7 Å². The van der Waals surface area contributed by atoms with Crippen LogP contribution < -0.4 is 5.73 Å². The Hall–Kier alpha value is -2.62. The van der Waals surface area contributed by atoms with Gasteiger partial charge in [0.25, 0.3) is 5.91 Å². The molecule has 1 amide bonds. The van der Waals surface area contributed by atoms with Crippen molar-refractivity contribution in [2.75, 3.05) is 6.54 Å². The van der Waals surface area contributed by atoms with E-state index in [0.717, 1.165) is 24.0 Å². The van der Waals surface area contributed by atoms with Gasteiger partial charge in [-0.25, -0.2) is 4.99 Å². The molecule has 2 aromatic rings. The van der Waals surface area contributed by atoms with E-state index in [-0.39, 0.29) is 5.91 Å². The number of nitrogens with two attached hydrogens (primary N) is 1. The number of carbonyl (C=O) groups excluding carboxylic acids is 1. The number of benzene rings is 2. The maximum absolute atomic E-state index is 13.3. The molecule has 1 aliphatic heterocycles. The molecule has 0 bridgehead atoms. The molecule has 0 spiro atoms. The number of nitrogens with zero attached hydrogens (tertiary/aromatic N) is 2. The van der Waals surface area contributed by atoms with E-state index >= 15 is 0 Å². The summed E-state index contributed by atoms with van der Waals surface area (Å²) in [5.41, 5.74) is 6.74. The van der Waals surface area contributed by atoms with Crippen molar-refractivity contribution in [3.8, 4) is 0 Å². The third-order valence-corrected chi connectivity index (χ3v) is 4.23. The molecule has 0 fully saturated rings. The number of carbonyl (C=O) groups is 1. The zero-order valence-corrected chi connectivity index (χ0v) is 13.3. The van der Waals surface area contributed by atoms with Crippen LogP contribution >= 0.6 is 0 Å². The van der Waals surface area contributed by atoms with E-state index in [4.69, 9.17) is 5.73 Å². The van der Waals surface area contributed by atoms with E-state index in [0.29, 0.717) is 12.5 Å². The first kappa shape index (κ1) is 15.3. The first-order valence-electron chi connectivity index (χ1n) is 7.98. The lowest BCUT2D eigenvalue weighted by Gasteiger charge is -2.27. The average molecular weight is 307 g/mol. The molecule has 1 aliphatic rings. The van der Waals surface area contributed by atoms with Crippen LogP contribution in [0.15, 0.2) is 65.7 Å². The lowest BCUT2D eigenvalue weighted by molar-refractivity contribution is -0.130. The number of hydrogen-bond donors (Lipinski definition) is 1. The third kappa shape index (κ3) is 2.50. The van der Waals surface area contributed by atoms with Crippen molar-refractivity contribution in [2.24, 2.45) is 10.7 Å². The normalized spacial score (nSPS) is 16.5. The van der Waals surface area contributed by atoms with E-state index in [1.807, 2.05) is 60.7 Å². The van der Waals surface area contributed by atoms with Gasteiger partial charge in [-0.05, 0) is 17.5 Å². The van der Waals surface area contributed by atoms with E-state index in [9.17, 15) is 4.79 Å². The van der Waals surface area contributed by atoms with E-state index in [2.05, 4.69) is 11.9 Å². The Kier molecular flexibility index (Phi) is 4.15. The number of aliphatic imine (C=N–C) groups is 1. The maximum atomic E-state index is 13.3. The van der Waals surface area contributed by atoms with Crippen molar-refractivity contribution in [1.29, 1.82) is 0 Å². The molecule has 0 radical (unpaired) electrons. The van der Waals surface area contributed by atoms with Gasteiger partial charge in [0.2, 0.25) is 0 Å². The van der Waals surface area contributed by atoms with Crippen LogP contribution in [0, 0.1) is 0 Å². The molecule has 4 heteroatoms. The van der Waals surface area contributed by atoms with E-state index in [1.54, 1.807) is 4.90 Å². The van der Waals surface area contributed by atoms with Crippen LogP contribution in [0.1, 0.15) is 30.9 Å². The second kappa shape index (κ2) is 6.24. The third-order valence-electron chi connectivity index (χ3n) is 4.23. The molecule has 0 saturated heterocycles. The molecule has 0 unspecified atom stereocenters. The number of hydrogen-bond acceptors (Lipinski definition) is 3. The average Bonchev–Trinajstić information content (AvgIpc) is 2.86. The highest BCUT2D eigenvalue weighted by Gasteiger charge is 2.50. The Bertz CT molecular complexity index is 670. The highest BCUT2D eigenvalue weighted by molar-refractivity contribution is 6.09. The number of rotatable bonds is 5. The molecule has 2 N–H and O–H groups in total. The van der Waals surface area contributed by atoms with E-state index in [1.165, 1.54) is 0 Å². The Morgan fingerprint density at radius 2 is 1.52 bits per heavy atom. The molecule has 2 aromatic carbocycles. The van der Waals surface area contributed by atoms with Gasteiger partial charge >= 0.3 is 0 Å². The number of unbranched alkanes of at least 4 members (excludes halogenated alkanes) is 1. The van der Waals surface area contributed by atoms with Crippen molar-refractivity contribution in [2.45, 2.75) is 25.3 Å². The lowest BCUT2D eigenvalue weighted by Crippen LogP contribution is -2.43. The molecule has 4 nitrogen and oxygen atoms in total. The summed E-state index contributed by atoms with van der Waals surface area (Å²) >= 11 is 0. The van der Waals surface area contributed by atoms with Crippen LogP contribution in [0.5, 0.6) is 0 Å². The highest BCUT2D eigenvalue weighted by Crippen LogP contribution is 2.39. The fourth-order valence-electron chi connectivity index (χ4n) is 3.01. The minimum Gasteiger partial charge on any atom is -0.369 e. The van der Waals surface area contributed by atoms with Crippen LogP contribution in [0.4, 0.5) is 0 Å². The fraction of sp³-hybridized carbons (Fsp3) is 0.263. The predicted molar refractivity (Wildman–Crippen MR) is 91.9 cm³/mol. The molecule has 23 heavy (non-hydrogen) atoms. The van der Waals surface area contributed by atoms with Gasteiger partial charge in [-0.3, -0.25) is 9.69 Å². The summed E-state index contributed by atoms with van der Waals surface area (Å²) in [7, 11) is 0. The first-order valence-corrected chi connectivity index (χ1v) is 7.98. The second-order valence-corrected chi connectivity index (χ2v) is 5.72. The first-order chi connectivity index (χ1) is 11.2. The smallest absolute Gasteiger partial charge is 0.266 e. The Morgan fingerprint density at radius 1 is 1.00 bits per heavy atom. The van der Waals surface area contributed by atoms with Crippen LogP contribution in [0.25, 0.3) is 0 Å². The van der Waals surface area contributed by atoms with Crippen LogP contribution in [0.3, 0.4) is 0 Å². The van der Waals surface area contributed by atoms with Crippen molar-refractivity contribution >= 4 is 11.9 Å². The number of guanidine groups is 1. The summed E-state index contributed by atoms with van der Waals surface area (Å²) in [6.45, 7) is 2.70. The minimum absolute atomic E-state index is 0.0687. The van der Waals surface area contributed by atoms with Gasteiger partial charge in [0, 0.05) is 6.54 Å². The largest absolute Gasteiger partial charge is 0.369 e. The van der Waals surface area contributed by atoms with Gasteiger partial charge < -0.3 is 5.73 Å². The quantitative estimate of drug-likeness (QED) is 0.923. The molecule has 0 saturated carbocycles. The summed E-state index contributed by atoms with van der Waals surface area (Å²) in [4.78, 5) is 19.5. The summed E-state index contributed by atoms with van der Waals surface area (Å²) in [6.07, 6.45) is 1.91. The summed E-state index contributed by atoms with van der Waals surface area (Å²) in [6, 6.07) is 19.3. The van der Waals surface area contributed by atoms with Gasteiger partial charge in [0.1, 0.15) is 0 Å². The monoisotopic (exact) mass is 307 g/mol. The van der Waals surface area contributed by atoms with Crippen LogP contribution in [-0.2, 0) is 10.3 Å². The Balaban J connectivity index is 2.14. The van der Waals surface area contributed by atoms with E-state index < -0.39 is 5.54 Å². The molecule has 118 valence electrons. The molecular formula is C19H21N3O. The summed E-state index contributed by atoms with van der Waals surface area (Å²) in [5, 5.41) is 0. The molecule has 0 aromatic heterocycles. The highest BCUT2D eigenvalue weighted by atomic mass is 16.2. The Morgan fingerprint density at radius 3 is 2.00 bits per heavy atom. The van der Waals surface area contributed by atoms with Gasteiger partial charge in [-0.1, -0.05) is 74.0 Å². The van der Waals surface area contributed by atoms with Crippen molar-refractivity contribution in [3.05, 3.63) is 71.8 Å². The Labute approximate surface area is 136 Å².